The Kier molecular flexibility index (Phi) is 9.01. The number of anilines is 2. The van der Waals surface area contributed by atoms with E-state index in [0.717, 1.165) is 28.1 Å². The van der Waals surface area contributed by atoms with Gasteiger partial charge in [-0.1, -0.05) is 54.6 Å². The first kappa shape index (κ1) is 33.9. The topological polar surface area (TPSA) is 139 Å². The van der Waals surface area contributed by atoms with Gasteiger partial charge in [-0.15, -0.1) is 5.10 Å². The van der Waals surface area contributed by atoms with Gasteiger partial charge in [0.2, 0.25) is 0 Å². The standard InChI is InChI=1S/C37H43N5O7Si/c1-24-34(50(3,4)46)33(16-17-40-22-31(38-39-40)29(23-43)26-8-6-5-7-9-26)49-37(24)30-20-28(47-2)14-15-32(30)42(35(37)44)21-25-10-12-27(13-11-25)41-18-19-48-36(41)45/h5-15,20,22,24,29,33-34,43,46H,16-19,21,23H2,1-4H3/t24-,29?,33+,34-,37+/m0/s1. The molecular formula is C37H43N5O7Si. The number of carbonyl (C=O) groups excluding carboxylic acids is 2. The lowest BCUT2D eigenvalue weighted by Crippen LogP contribution is -2.46. The smallest absolute Gasteiger partial charge is 0.414 e. The van der Waals surface area contributed by atoms with Gasteiger partial charge in [-0.3, -0.25) is 14.4 Å². The monoisotopic (exact) mass is 697 g/mol. The molecule has 2 amide bonds. The summed E-state index contributed by atoms with van der Waals surface area (Å²) in [4.78, 5) is 42.0. The van der Waals surface area contributed by atoms with Crippen molar-refractivity contribution in [1.82, 2.24) is 15.0 Å². The van der Waals surface area contributed by atoms with E-state index in [9.17, 15) is 19.5 Å². The molecule has 262 valence electrons. The zero-order valence-electron chi connectivity index (χ0n) is 28.7. The van der Waals surface area contributed by atoms with Crippen molar-refractivity contribution < 1.29 is 33.7 Å². The molecule has 2 fully saturated rings. The van der Waals surface area contributed by atoms with Crippen LogP contribution in [0.3, 0.4) is 0 Å². The normalized spacial score (nSPS) is 23.8. The number of fused-ring (bicyclic) bond motifs is 2. The van der Waals surface area contributed by atoms with Gasteiger partial charge < -0.3 is 29.0 Å². The number of ether oxygens (including phenoxy) is 3. The van der Waals surface area contributed by atoms with Crippen LogP contribution < -0.4 is 14.5 Å². The van der Waals surface area contributed by atoms with Crippen LogP contribution in [-0.2, 0) is 33.0 Å². The molecule has 2 saturated heterocycles. The summed E-state index contributed by atoms with van der Waals surface area (Å²) in [5.74, 6) is -0.200. The Morgan fingerprint density at radius 2 is 1.84 bits per heavy atom. The molecule has 7 rings (SSSR count). The van der Waals surface area contributed by atoms with Gasteiger partial charge in [0.25, 0.3) is 5.91 Å². The van der Waals surface area contributed by atoms with E-state index in [1.165, 1.54) is 0 Å². The van der Waals surface area contributed by atoms with Gasteiger partial charge in [-0.2, -0.15) is 0 Å². The molecule has 5 atom stereocenters. The SMILES string of the molecule is COc1ccc2c(c1)[C@@]1(O[C@H](CCn3cc(C(CO)c4ccccc4)nn3)[C@@H]([Si](C)(C)O)[C@@H]1C)C(=O)N2Cc1ccc(N2CCOC2=O)cc1. The van der Waals surface area contributed by atoms with E-state index >= 15 is 0 Å². The summed E-state index contributed by atoms with van der Waals surface area (Å²) in [6.45, 7) is 7.34. The number of amides is 2. The Labute approximate surface area is 292 Å². The van der Waals surface area contributed by atoms with Gasteiger partial charge in [0.05, 0.1) is 50.2 Å². The Morgan fingerprint density at radius 1 is 1.08 bits per heavy atom. The maximum Gasteiger partial charge on any atom is 0.414 e. The number of benzene rings is 3. The molecule has 13 heteroatoms. The number of aryl methyl sites for hydroxylation is 1. The molecule has 50 heavy (non-hydrogen) atoms. The number of carbonyl (C=O) groups is 2. The lowest BCUT2D eigenvalue weighted by Gasteiger charge is -2.32. The van der Waals surface area contributed by atoms with E-state index < -0.39 is 20.0 Å². The molecule has 2 N–H and O–H groups in total. The number of rotatable bonds is 11. The van der Waals surface area contributed by atoms with Crippen LogP contribution in [0.25, 0.3) is 0 Å². The minimum absolute atomic E-state index is 0.0977. The number of aliphatic hydroxyl groups is 1. The highest BCUT2D eigenvalue weighted by atomic mass is 28.4. The third kappa shape index (κ3) is 5.87. The van der Waals surface area contributed by atoms with E-state index in [2.05, 4.69) is 10.3 Å². The summed E-state index contributed by atoms with van der Waals surface area (Å²) < 4.78 is 19.5. The van der Waals surface area contributed by atoms with Crippen LogP contribution in [0.15, 0.2) is 79.0 Å². The van der Waals surface area contributed by atoms with Gasteiger partial charge >= 0.3 is 6.09 Å². The second kappa shape index (κ2) is 13.3. The van der Waals surface area contributed by atoms with Crippen molar-refractivity contribution in [2.45, 2.75) is 62.7 Å². The van der Waals surface area contributed by atoms with Crippen LogP contribution in [0.2, 0.25) is 18.6 Å². The van der Waals surface area contributed by atoms with E-state index in [0.29, 0.717) is 44.1 Å². The average Bonchev–Trinajstić information content (AvgIpc) is 3.88. The summed E-state index contributed by atoms with van der Waals surface area (Å²) in [5.41, 5.74) is 3.14. The molecule has 4 heterocycles. The van der Waals surface area contributed by atoms with Crippen molar-refractivity contribution in [2.24, 2.45) is 5.92 Å². The summed E-state index contributed by atoms with van der Waals surface area (Å²) in [5, 5.41) is 18.9. The molecule has 3 aliphatic rings. The Hall–Kier alpha value is -4.56. The van der Waals surface area contributed by atoms with E-state index in [4.69, 9.17) is 14.2 Å². The number of aromatic nitrogens is 3. The van der Waals surface area contributed by atoms with Crippen molar-refractivity contribution >= 4 is 31.7 Å². The third-order valence-electron chi connectivity index (χ3n) is 10.5. The number of aliphatic hydroxyl groups excluding tert-OH is 1. The highest BCUT2D eigenvalue weighted by Crippen LogP contribution is 2.60. The first-order valence-corrected chi connectivity index (χ1v) is 20.1. The van der Waals surface area contributed by atoms with Gasteiger partial charge in [0.1, 0.15) is 12.4 Å². The minimum atomic E-state index is -2.89. The fourth-order valence-corrected chi connectivity index (χ4v) is 10.7. The number of methoxy groups -OCH3 is 1. The molecule has 12 nitrogen and oxygen atoms in total. The highest BCUT2D eigenvalue weighted by Gasteiger charge is 2.66. The molecule has 4 aromatic rings. The maximum atomic E-state index is 14.8. The van der Waals surface area contributed by atoms with Crippen molar-refractivity contribution in [3.05, 3.63) is 101 Å². The lowest BCUT2D eigenvalue weighted by atomic mass is 9.82. The number of nitrogens with zero attached hydrogens (tertiary/aromatic N) is 5. The van der Waals surface area contributed by atoms with Gasteiger partial charge in [-0.05, 0) is 61.0 Å². The van der Waals surface area contributed by atoms with E-state index in [1.807, 2.05) is 99.0 Å². The molecule has 1 unspecified atom stereocenters. The van der Waals surface area contributed by atoms with Crippen molar-refractivity contribution in [1.29, 1.82) is 0 Å². The predicted molar refractivity (Wildman–Crippen MR) is 188 cm³/mol. The molecular weight excluding hydrogens is 655 g/mol. The van der Waals surface area contributed by atoms with E-state index in [-0.39, 0.29) is 36.0 Å². The van der Waals surface area contributed by atoms with Crippen LogP contribution in [-0.4, -0.2) is 78.2 Å². The fourth-order valence-electron chi connectivity index (χ4n) is 8.10. The minimum Gasteiger partial charge on any atom is -0.497 e. The summed E-state index contributed by atoms with van der Waals surface area (Å²) in [7, 11) is -1.29. The largest absolute Gasteiger partial charge is 0.497 e. The molecule has 0 radical (unpaired) electrons. The number of cyclic esters (lactones) is 1. The van der Waals surface area contributed by atoms with Crippen LogP contribution in [0, 0.1) is 5.92 Å². The summed E-state index contributed by atoms with van der Waals surface area (Å²) in [6, 6.07) is 22.9. The summed E-state index contributed by atoms with van der Waals surface area (Å²) in [6.07, 6.45) is 1.54. The summed E-state index contributed by atoms with van der Waals surface area (Å²) >= 11 is 0. The van der Waals surface area contributed by atoms with Crippen molar-refractivity contribution in [2.75, 3.05) is 36.7 Å². The zero-order valence-corrected chi connectivity index (χ0v) is 29.7. The lowest BCUT2D eigenvalue weighted by molar-refractivity contribution is -0.146. The Morgan fingerprint density at radius 3 is 2.50 bits per heavy atom. The Bertz CT molecular complexity index is 1860. The number of hydrogen-bond acceptors (Lipinski definition) is 9. The number of hydrogen-bond donors (Lipinski definition) is 2. The molecule has 3 aromatic carbocycles. The van der Waals surface area contributed by atoms with Crippen molar-refractivity contribution in [3.8, 4) is 5.75 Å². The first-order valence-electron chi connectivity index (χ1n) is 17.0. The second-order valence-corrected chi connectivity index (χ2v) is 17.9. The fraction of sp³-hybridized carbons (Fsp3) is 0.405. The highest BCUT2D eigenvalue weighted by molar-refractivity contribution is 6.71. The third-order valence-corrected chi connectivity index (χ3v) is 13.0. The van der Waals surface area contributed by atoms with Gasteiger partial charge in [-0.25, -0.2) is 4.79 Å². The first-order chi connectivity index (χ1) is 24.0. The molecule has 1 spiro atoms. The van der Waals surface area contributed by atoms with Crippen LogP contribution in [0.5, 0.6) is 5.75 Å². The van der Waals surface area contributed by atoms with Crippen LogP contribution in [0.1, 0.15) is 41.6 Å². The maximum absolute atomic E-state index is 14.8. The molecule has 0 aliphatic carbocycles. The Balaban J connectivity index is 1.17. The van der Waals surface area contributed by atoms with E-state index in [1.54, 1.807) is 21.6 Å². The quantitative estimate of drug-likeness (QED) is 0.212. The molecule has 0 saturated carbocycles. The van der Waals surface area contributed by atoms with Crippen LogP contribution in [0.4, 0.5) is 16.2 Å². The zero-order chi connectivity index (χ0) is 35.2. The van der Waals surface area contributed by atoms with Crippen molar-refractivity contribution in [3.63, 3.8) is 0 Å². The van der Waals surface area contributed by atoms with Gasteiger partial charge in [0.15, 0.2) is 13.9 Å². The van der Waals surface area contributed by atoms with Crippen LogP contribution >= 0.6 is 0 Å². The molecule has 0 bridgehead atoms. The average molecular weight is 698 g/mol. The molecule has 3 aliphatic heterocycles. The molecule has 1 aromatic heterocycles. The second-order valence-electron chi connectivity index (χ2n) is 13.9. The predicted octanol–water partition coefficient (Wildman–Crippen LogP) is 4.80. The van der Waals surface area contributed by atoms with Gasteiger partial charge in [0, 0.05) is 35.5 Å².